The lowest BCUT2D eigenvalue weighted by Crippen LogP contribution is -2.43. The first-order chi connectivity index (χ1) is 9.20. The van der Waals surface area contributed by atoms with Gasteiger partial charge in [-0.2, -0.15) is 0 Å². The van der Waals surface area contributed by atoms with Gasteiger partial charge in [0.1, 0.15) is 6.04 Å². The number of carbonyl (C=O) groups excluding carboxylic acids is 1. The van der Waals surface area contributed by atoms with E-state index >= 15 is 0 Å². The number of carbonyl (C=O) groups is 1. The third-order valence-electron chi connectivity index (χ3n) is 3.37. The predicted octanol–water partition coefficient (Wildman–Crippen LogP) is 1.90. The summed E-state index contributed by atoms with van der Waals surface area (Å²) >= 11 is 0. The van der Waals surface area contributed by atoms with Crippen molar-refractivity contribution >= 4 is 11.6 Å². The Balaban J connectivity index is 1.95. The summed E-state index contributed by atoms with van der Waals surface area (Å²) in [5, 5.41) is 3.20. The van der Waals surface area contributed by atoms with Crippen molar-refractivity contribution < 1.29 is 9.53 Å². The summed E-state index contributed by atoms with van der Waals surface area (Å²) < 4.78 is 5.07. The fraction of sp³-hybridized carbons (Fsp3) is 0.571. The Morgan fingerprint density at radius 3 is 2.84 bits per heavy atom. The minimum atomic E-state index is -0.231. The van der Waals surface area contributed by atoms with E-state index in [4.69, 9.17) is 4.74 Å². The highest BCUT2D eigenvalue weighted by Crippen LogP contribution is 2.16. The Kier molecular flexibility index (Phi) is 4.60. The molecule has 0 spiro atoms. The molecule has 1 aliphatic heterocycles. The van der Waals surface area contributed by atoms with E-state index in [0.717, 1.165) is 31.6 Å². The molecule has 2 rings (SSSR count). The number of amides is 1. The summed E-state index contributed by atoms with van der Waals surface area (Å²) in [6, 6.07) is 3.40. The average Bonchev–Trinajstić information content (AvgIpc) is 2.47. The van der Waals surface area contributed by atoms with Crippen LogP contribution in [0.5, 0.6) is 5.88 Å². The zero-order valence-corrected chi connectivity index (χ0v) is 11.6. The van der Waals surface area contributed by atoms with Gasteiger partial charge in [0.2, 0.25) is 11.8 Å². The smallest absolute Gasteiger partial charge is 0.244 e. The molecule has 5 nitrogen and oxygen atoms in total. The fourth-order valence-electron chi connectivity index (χ4n) is 2.31. The summed E-state index contributed by atoms with van der Waals surface area (Å²) in [6.07, 6.45) is 5.12. The maximum Gasteiger partial charge on any atom is 0.244 e. The second-order valence-corrected chi connectivity index (χ2v) is 4.84. The van der Waals surface area contributed by atoms with Gasteiger partial charge in [-0.15, -0.1) is 0 Å². The van der Waals surface area contributed by atoms with Crippen molar-refractivity contribution in [2.75, 3.05) is 25.5 Å². The van der Waals surface area contributed by atoms with Crippen molar-refractivity contribution in [1.29, 1.82) is 0 Å². The van der Waals surface area contributed by atoms with Crippen LogP contribution in [-0.4, -0.2) is 42.0 Å². The monoisotopic (exact) mass is 263 g/mol. The Morgan fingerprint density at radius 2 is 2.16 bits per heavy atom. The molecule has 1 atom stereocenters. The number of anilines is 1. The molecule has 1 amide bonds. The molecule has 0 aromatic carbocycles. The normalized spacial score (nSPS) is 16.8. The van der Waals surface area contributed by atoms with Crippen LogP contribution in [0.15, 0.2) is 18.3 Å². The average molecular weight is 263 g/mol. The van der Waals surface area contributed by atoms with E-state index in [-0.39, 0.29) is 11.9 Å². The second-order valence-electron chi connectivity index (χ2n) is 4.84. The van der Waals surface area contributed by atoms with Gasteiger partial charge in [-0.25, -0.2) is 4.98 Å². The molecule has 0 radical (unpaired) electrons. The first kappa shape index (κ1) is 13.6. The number of nitrogens with zero attached hydrogens (tertiary/aromatic N) is 2. The third kappa shape index (κ3) is 3.59. The summed E-state index contributed by atoms with van der Waals surface area (Å²) in [5.74, 6) is 0.707. The number of ether oxygens (including phenoxy) is 1. The molecular formula is C14H21N3O2. The quantitative estimate of drug-likeness (QED) is 0.901. The van der Waals surface area contributed by atoms with Crippen LogP contribution in [0.4, 0.5) is 5.69 Å². The van der Waals surface area contributed by atoms with Crippen molar-refractivity contribution in [1.82, 2.24) is 9.88 Å². The summed E-state index contributed by atoms with van der Waals surface area (Å²) in [6.45, 7) is 3.65. The molecule has 19 heavy (non-hydrogen) atoms. The third-order valence-corrected chi connectivity index (χ3v) is 3.37. The number of likely N-dealkylation sites (tertiary alicyclic amines) is 1. The van der Waals surface area contributed by atoms with Crippen molar-refractivity contribution in [3.63, 3.8) is 0 Å². The highest BCUT2D eigenvalue weighted by Gasteiger charge is 2.21. The van der Waals surface area contributed by atoms with Gasteiger partial charge in [-0.05, 0) is 32.3 Å². The first-order valence-corrected chi connectivity index (χ1v) is 6.76. The number of rotatable bonds is 4. The Bertz CT molecular complexity index is 430. The molecule has 2 heterocycles. The van der Waals surface area contributed by atoms with Crippen LogP contribution in [0.25, 0.3) is 0 Å². The molecule has 1 aromatic rings. The molecule has 0 saturated carbocycles. The largest absolute Gasteiger partial charge is 0.481 e. The molecule has 1 unspecified atom stereocenters. The van der Waals surface area contributed by atoms with Gasteiger partial charge >= 0.3 is 0 Å². The van der Waals surface area contributed by atoms with E-state index in [1.54, 1.807) is 19.4 Å². The highest BCUT2D eigenvalue weighted by atomic mass is 16.5. The molecule has 1 saturated heterocycles. The molecule has 5 heteroatoms. The molecule has 1 aliphatic rings. The topological polar surface area (TPSA) is 54.5 Å². The van der Waals surface area contributed by atoms with Gasteiger partial charge in [0.25, 0.3) is 0 Å². The minimum absolute atomic E-state index is 0.162. The van der Waals surface area contributed by atoms with Crippen LogP contribution >= 0.6 is 0 Å². The van der Waals surface area contributed by atoms with E-state index < -0.39 is 0 Å². The standard InChI is InChI=1S/C14H21N3O2/c1-11(14(18)17-8-4-3-5-9-17)16-12-6-7-15-13(10-12)19-2/h6-7,10-11H,3-5,8-9H2,1-2H3,(H,15,16). The van der Waals surface area contributed by atoms with Crippen LogP contribution in [-0.2, 0) is 4.79 Å². The number of hydrogen-bond acceptors (Lipinski definition) is 4. The van der Waals surface area contributed by atoms with E-state index in [0.29, 0.717) is 5.88 Å². The number of methoxy groups -OCH3 is 1. The number of piperidine rings is 1. The Morgan fingerprint density at radius 1 is 1.42 bits per heavy atom. The van der Waals surface area contributed by atoms with E-state index in [1.807, 2.05) is 17.9 Å². The highest BCUT2D eigenvalue weighted by molar-refractivity contribution is 5.84. The van der Waals surface area contributed by atoms with Gasteiger partial charge in [-0.3, -0.25) is 4.79 Å². The summed E-state index contributed by atoms with van der Waals surface area (Å²) in [5.41, 5.74) is 0.852. The first-order valence-electron chi connectivity index (χ1n) is 6.76. The van der Waals surface area contributed by atoms with Crippen LogP contribution < -0.4 is 10.1 Å². The molecule has 0 aliphatic carbocycles. The number of nitrogens with one attached hydrogen (secondary N) is 1. The molecule has 1 N–H and O–H groups in total. The maximum atomic E-state index is 12.3. The van der Waals surface area contributed by atoms with Crippen molar-refractivity contribution in [2.24, 2.45) is 0 Å². The predicted molar refractivity (Wildman–Crippen MR) is 74.3 cm³/mol. The molecular weight excluding hydrogens is 242 g/mol. The van der Waals surface area contributed by atoms with E-state index in [9.17, 15) is 4.79 Å². The second kappa shape index (κ2) is 6.41. The summed E-state index contributed by atoms with van der Waals surface area (Å²) in [7, 11) is 1.58. The Hall–Kier alpha value is -1.78. The van der Waals surface area contributed by atoms with Gasteiger partial charge in [0.05, 0.1) is 7.11 Å². The zero-order valence-electron chi connectivity index (χ0n) is 11.6. The molecule has 0 bridgehead atoms. The number of aromatic nitrogens is 1. The van der Waals surface area contributed by atoms with Crippen LogP contribution in [0.2, 0.25) is 0 Å². The van der Waals surface area contributed by atoms with Gasteiger partial charge < -0.3 is 15.0 Å². The fourth-order valence-corrected chi connectivity index (χ4v) is 2.31. The van der Waals surface area contributed by atoms with Crippen LogP contribution in [0.1, 0.15) is 26.2 Å². The maximum absolute atomic E-state index is 12.3. The minimum Gasteiger partial charge on any atom is -0.481 e. The molecule has 1 aromatic heterocycles. The van der Waals surface area contributed by atoms with Crippen molar-refractivity contribution in [2.45, 2.75) is 32.2 Å². The van der Waals surface area contributed by atoms with Crippen molar-refractivity contribution in [3.05, 3.63) is 18.3 Å². The summed E-state index contributed by atoms with van der Waals surface area (Å²) in [4.78, 5) is 18.3. The van der Waals surface area contributed by atoms with Gasteiger partial charge in [0, 0.05) is 31.0 Å². The van der Waals surface area contributed by atoms with E-state index in [2.05, 4.69) is 10.3 Å². The van der Waals surface area contributed by atoms with Crippen molar-refractivity contribution in [3.8, 4) is 5.88 Å². The lowest BCUT2D eigenvalue weighted by molar-refractivity contribution is -0.132. The van der Waals surface area contributed by atoms with Gasteiger partial charge in [0.15, 0.2) is 0 Å². The number of pyridine rings is 1. The number of hydrogen-bond donors (Lipinski definition) is 1. The molecule has 104 valence electrons. The van der Waals surface area contributed by atoms with Crippen LogP contribution in [0.3, 0.4) is 0 Å². The molecule has 1 fully saturated rings. The van der Waals surface area contributed by atoms with E-state index in [1.165, 1.54) is 6.42 Å². The van der Waals surface area contributed by atoms with Crippen LogP contribution in [0, 0.1) is 0 Å². The zero-order chi connectivity index (χ0) is 13.7. The Labute approximate surface area is 114 Å². The SMILES string of the molecule is COc1cc(NC(C)C(=O)N2CCCCC2)ccn1. The van der Waals surface area contributed by atoms with Gasteiger partial charge in [-0.1, -0.05) is 0 Å². The lowest BCUT2D eigenvalue weighted by atomic mass is 10.1. The lowest BCUT2D eigenvalue weighted by Gasteiger charge is -2.29.